The quantitative estimate of drug-likeness (QED) is 0.849. The van der Waals surface area contributed by atoms with Crippen LogP contribution in [0.2, 0.25) is 0 Å². The Morgan fingerprint density at radius 1 is 1.32 bits per heavy atom. The number of halogens is 3. The summed E-state index contributed by atoms with van der Waals surface area (Å²) in [5.41, 5.74) is 9.57. The van der Waals surface area contributed by atoms with Gasteiger partial charge in [0, 0.05) is 12.4 Å². The molecule has 2 heterocycles. The number of alkyl halides is 3. The van der Waals surface area contributed by atoms with Crippen LogP contribution in [-0.4, -0.2) is 20.7 Å². The molecule has 0 atom stereocenters. The van der Waals surface area contributed by atoms with E-state index in [0.717, 1.165) is 16.8 Å². The summed E-state index contributed by atoms with van der Waals surface area (Å²) >= 11 is 0. The van der Waals surface area contributed by atoms with E-state index in [2.05, 4.69) is 10.1 Å². The molecular formula is C10H8F3N5O. The molecule has 0 fully saturated rings. The fourth-order valence-electron chi connectivity index (χ4n) is 1.38. The molecule has 0 saturated carbocycles. The van der Waals surface area contributed by atoms with Gasteiger partial charge in [0.05, 0.1) is 5.56 Å². The van der Waals surface area contributed by atoms with E-state index in [1.165, 1.54) is 6.20 Å². The van der Waals surface area contributed by atoms with Crippen molar-refractivity contribution in [3.63, 3.8) is 0 Å². The molecule has 4 N–H and O–H groups in total. The van der Waals surface area contributed by atoms with E-state index in [9.17, 15) is 18.0 Å². The molecular weight excluding hydrogens is 263 g/mol. The van der Waals surface area contributed by atoms with Gasteiger partial charge in [0.15, 0.2) is 11.6 Å². The maximum Gasteiger partial charge on any atom is 0.417 e. The Morgan fingerprint density at radius 2 is 2.00 bits per heavy atom. The highest BCUT2D eigenvalue weighted by Crippen LogP contribution is 2.28. The second-order valence-electron chi connectivity index (χ2n) is 3.64. The van der Waals surface area contributed by atoms with Gasteiger partial charge >= 0.3 is 6.18 Å². The van der Waals surface area contributed by atoms with Crippen molar-refractivity contribution in [3.05, 3.63) is 35.7 Å². The van der Waals surface area contributed by atoms with Crippen LogP contribution in [0.4, 0.5) is 19.0 Å². The second-order valence-corrected chi connectivity index (χ2v) is 3.64. The number of carbonyl (C=O) groups excluding carboxylic acids is 1. The smallest absolute Gasteiger partial charge is 0.382 e. The monoisotopic (exact) mass is 271 g/mol. The third-order valence-corrected chi connectivity index (χ3v) is 2.32. The van der Waals surface area contributed by atoms with E-state index in [4.69, 9.17) is 11.5 Å². The number of nitrogen functional groups attached to an aromatic ring is 1. The van der Waals surface area contributed by atoms with Crippen LogP contribution in [0.1, 0.15) is 15.9 Å². The molecule has 9 heteroatoms. The van der Waals surface area contributed by atoms with Crippen LogP contribution in [0.5, 0.6) is 0 Å². The lowest BCUT2D eigenvalue weighted by Gasteiger charge is -2.06. The van der Waals surface area contributed by atoms with Gasteiger partial charge in [0.25, 0.3) is 5.91 Å². The number of nitrogens with two attached hydrogens (primary N) is 2. The van der Waals surface area contributed by atoms with Crippen molar-refractivity contribution in [1.29, 1.82) is 0 Å². The van der Waals surface area contributed by atoms with Crippen LogP contribution in [0.15, 0.2) is 24.5 Å². The number of aromatic nitrogens is 3. The van der Waals surface area contributed by atoms with Crippen LogP contribution in [-0.2, 0) is 6.18 Å². The Balaban J connectivity index is 2.38. The van der Waals surface area contributed by atoms with Crippen LogP contribution in [0.3, 0.4) is 0 Å². The minimum atomic E-state index is -4.47. The van der Waals surface area contributed by atoms with E-state index >= 15 is 0 Å². The first kappa shape index (κ1) is 12.9. The first-order valence-electron chi connectivity index (χ1n) is 4.97. The van der Waals surface area contributed by atoms with Crippen molar-refractivity contribution in [2.75, 3.05) is 5.73 Å². The number of hydrogen-bond donors (Lipinski definition) is 2. The van der Waals surface area contributed by atoms with Gasteiger partial charge in [0.2, 0.25) is 0 Å². The van der Waals surface area contributed by atoms with Gasteiger partial charge in [-0.1, -0.05) is 0 Å². The molecule has 2 aromatic rings. The molecule has 0 radical (unpaired) electrons. The second kappa shape index (κ2) is 4.26. The Morgan fingerprint density at radius 3 is 2.42 bits per heavy atom. The molecule has 0 unspecified atom stereocenters. The molecule has 0 aliphatic rings. The number of anilines is 1. The Hall–Kier alpha value is -2.58. The molecule has 0 aliphatic carbocycles. The molecule has 0 aliphatic heterocycles. The summed E-state index contributed by atoms with van der Waals surface area (Å²) in [6, 6.07) is 1.96. The van der Waals surface area contributed by atoms with Crippen LogP contribution >= 0.6 is 0 Å². The molecule has 100 valence electrons. The van der Waals surface area contributed by atoms with Gasteiger partial charge in [0.1, 0.15) is 5.56 Å². The highest BCUT2D eigenvalue weighted by molar-refractivity contribution is 5.96. The molecule has 0 bridgehead atoms. The lowest BCUT2D eigenvalue weighted by Crippen LogP contribution is -2.11. The first-order chi connectivity index (χ1) is 8.79. The predicted octanol–water partition coefficient (Wildman–Crippen LogP) is 0.967. The normalized spacial score (nSPS) is 11.5. The number of primary amides is 1. The average molecular weight is 271 g/mol. The first-order valence-corrected chi connectivity index (χ1v) is 4.97. The van der Waals surface area contributed by atoms with Gasteiger partial charge in [-0.3, -0.25) is 4.79 Å². The Kier molecular flexibility index (Phi) is 2.89. The van der Waals surface area contributed by atoms with Crippen LogP contribution < -0.4 is 11.5 Å². The van der Waals surface area contributed by atoms with Gasteiger partial charge in [-0.05, 0) is 12.1 Å². The summed E-state index contributed by atoms with van der Waals surface area (Å²) in [5.74, 6) is -0.808. The third-order valence-electron chi connectivity index (χ3n) is 2.32. The van der Waals surface area contributed by atoms with E-state index in [1.54, 1.807) is 0 Å². The number of nitrogens with zero attached hydrogens (tertiary/aromatic N) is 3. The molecule has 0 spiro atoms. The van der Waals surface area contributed by atoms with E-state index in [1.807, 2.05) is 0 Å². The number of rotatable bonds is 2. The average Bonchev–Trinajstić information content (AvgIpc) is 2.70. The van der Waals surface area contributed by atoms with Crippen LogP contribution in [0, 0.1) is 0 Å². The predicted molar refractivity (Wildman–Crippen MR) is 59.3 cm³/mol. The summed E-state index contributed by atoms with van der Waals surface area (Å²) in [6.07, 6.45) is -2.60. The molecule has 2 rings (SSSR count). The fraction of sp³-hybridized carbons (Fsp3) is 0.100. The molecule has 0 aromatic carbocycles. The number of pyridine rings is 1. The SMILES string of the molecule is NC(=O)c1cn(-c2ccc(C(F)(F)F)cn2)nc1N. The fourth-order valence-corrected chi connectivity index (χ4v) is 1.38. The minimum Gasteiger partial charge on any atom is -0.382 e. The molecule has 6 nitrogen and oxygen atoms in total. The summed E-state index contributed by atoms with van der Waals surface area (Å²) in [6.45, 7) is 0. The Bertz CT molecular complexity index is 617. The zero-order valence-electron chi connectivity index (χ0n) is 9.35. The molecule has 1 amide bonds. The topological polar surface area (TPSA) is 99.8 Å². The summed E-state index contributed by atoms with van der Waals surface area (Å²) in [5, 5.41) is 3.74. The van der Waals surface area contributed by atoms with Crippen molar-refractivity contribution in [2.24, 2.45) is 5.73 Å². The highest BCUT2D eigenvalue weighted by Gasteiger charge is 2.30. The summed E-state index contributed by atoms with van der Waals surface area (Å²) in [7, 11) is 0. The van der Waals surface area contributed by atoms with Crippen molar-refractivity contribution in [3.8, 4) is 5.82 Å². The largest absolute Gasteiger partial charge is 0.417 e. The van der Waals surface area contributed by atoms with Gasteiger partial charge in [-0.2, -0.15) is 13.2 Å². The lowest BCUT2D eigenvalue weighted by molar-refractivity contribution is -0.137. The van der Waals surface area contributed by atoms with E-state index in [0.29, 0.717) is 6.20 Å². The maximum atomic E-state index is 12.4. The third kappa shape index (κ3) is 2.49. The van der Waals surface area contributed by atoms with Crippen LogP contribution in [0.25, 0.3) is 5.82 Å². The van der Waals surface area contributed by atoms with Gasteiger partial charge in [-0.25, -0.2) is 9.67 Å². The maximum absolute atomic E-state index is 12.4. The van der Waals surface area contributed by atoms with E-state index < -0.39 is 17.6 Å². The van der Waals surface area contributed by atoms with E-state index in [-0.39, 0.29) is 17.2 Å². The zero-order valence-corrected chi connectivity index (χ0v) is 9.35. The molecule has 2 aromatic heterocycles. The van der Waals surface area contributed by atoms with Crippen molar-refractivity contribution in [1.82, 2.24) is 14.8 Å². The molecule has 0 saturated heterocycles. The summed E-state index contributed by atoms with van der Waals surface area (Å²) in [4.78, 5) is 14.6. The number of amides is 1. The lowest BCUT2D eigenvalue weighted by atomic mass is 10.3. The summed E-state index contributed by atoms with van der Waals surface area (Å²) < 4.78 is 38.1. The minimum absolute atomic E-state index is 0.0262. The van der Waals surface area contributed by atoms with Gasteiger partial charge in [-0.15, -0.1) is 5.10 Å². The standard InChI is InChI=1S/C10H8F3N5O/c11-10(12,13)5-1-2-7(16-3-5)18-4-6(9(15)19)8(14)17-18/h1-4H,(H2,14,17)(H2,15,19). The highest BCUT2D eigenvalue weighted by atomic mass is 19.4. The van der Waals surface area contributed by atoms with Crippen molar-refractivity contribution in [2.45, 2.75) is 6.18 Å². The Labute approximate surface area is 104 Å². The number of hydrogen-bond acceptors (Lipinski definition) is 4. The number of carbonyl (C=O) groups is 1. The van der Waals surface area contributed by atoms with Crippen molar-refractivity contribution < 1.29 is 18.0 Å². The van der Waals surface area contributed by atoms with Gasteiger partial charge < -0.3 is 11.5 Å². The zero-order chi connectivity index (χ0) is 14.2. The molecule has 19 heavy (non-hydrogen) atoms. The van der Waals surface area contributed by atoms with Crippen molar-refractivity contribution >= 4 is 11.7 Å².